The van der Waals surface area contributed by atoms with Gasteiger partial charge in [-0.1, -0.05) is 29.8 Å². The van der Waals surface area contributed by atoms with Crippen LogP contribution in [0.2, 0.25) is 5.02 Å². The van der Waals surface area contributed by atoms with E-state index in [1.54, 1.807) is 30.3 Å². The van der Waals surface area contributed by atoms with Crippen LogP contribution in [0.25, 0.3) is 10.9 Å². The van der Waals surface area contributed by atoms with E-state index >= 15 is 0 Å². The molecule has 0 fully saturated rings. The molecule has 0 spiro atoms. The van der Waals surface area contributed by atoms with E-state index in [4.69, 9.17) is 16.0 Å². The number of fused-ring (bicyclic) bond motifs is 1. The van der Waals surface area contributed by atoms with Crippen LogP contribution in [0.3, 0.4) is 0 Å². The van der Waals surface area contributed by atoms with Gasteiger partial charge < -0.3 is 9.40 Å². The number of rotatable bonds is 6. The number of sulfonamides is 1. The summed E-state index contributed by atoms with van der Waals surface area (Å²) in [5, 5.41) is 0.985. The topological polar surface area (TPSA) is 83.4 Å². The van der Waals surface area contributed by atoms with Crippen molar-refractivity contribution in [3.05, 3.63) is 98.7 Å². The second-order valence-electron chi connectivity index (χ2n) is 7.45. The maximum Gasteiger partial charge on any atom is 0.252 e. The molecule has 0 aliphatic heterocycles. The number of aryl methyl sites for hydroxylation is 2. The summed E-state index contributed by atoms with van der Waals surface area (Å²) >= 11 is 6.19. The maximum atomic E-state index is 13.5. The zero-order valence-electron chi connectivity index (χ0n) is 17.1. The zero-order chi connectivity index (χ0) is 22.2. The number of hydrogen-bond acceptors (Lipinski definition) is 4. The lowest BCUT2D eigenvalue weighted by Crippen LogP contribution is -2.32. The fraction of sp³-hybridized carbons (Fsp3) is 0.174. The van der Waals surface area contributed by atoms with Crippen molar-refractivity contribution in [1.29, 1.82) is 0 Å². The van der Waals surface area contributed by atoms with Crippen LogP contribution in [0.1, 0.15) is 22.5 Å². The molecule has 0 saturated heterocycles. The van der Waals surface area contributed by atoms with E-state index in [9.17, 15) is 13.2 Å². The Morgan fingerprint density at radius 1 is 1.03 bits per heavy atom. The Labute approximate surface area is 185 Å². The minimum absolute atomic E-state index is 0.0211. The molecule has 0 amide bonds. The first-order valence-corrected chi connectivity index (χ1v) is 11.5. The third-order valence-corrected chi connectivity index (χ3v) is 7.39. The summed E-state index contributed by atoms with van der Waals surface area (Å²) < 4.78 is 33.5. The van der Waals surface area contributed by atoms with Crippen molar-refractivity contribution in [2.75, 3.05) is 0 Å². The Kier molecular flexibility index (Phi) is 5.75. The normalized spacial score (nSPS) is 12.0. The SMILES string of the molecule is Cc1cc(C)c2cc(CN(Cc3ccco3)S(=O)(=O)c3ccccc3Cl)c(=O)[nH]c2c1. The van der Waals surface area contributed by atoms with Crippen LogP contribution in [0.4, 0.5) is 0 Å². The molecule has 31 heavy (non-hydrogen) atoms. The number of hydrogen-bond donors (Lipinski definition) is 1. The van der Waals surface area contributed by atoms with Crippen LogP contribution >= 0.6 is 11.6 Å². The average Bonchev–Trinajstić information content (AvgIpc) is 3.21. The van der Waals surface area contributed by atoms with E-state index in [1.165, 1.54) is 22.7 Å². The van der Waals surface area contributed by atoms with Crippen molar-refractivity contribution in [3.63, 3.8) is 0 Å². The molecule has 0 saturated carbocycles. The Bertz CT molecular complexity index is 1410. The molecule has 8 heteroatoms. The standard InChI is InChI=1S/C23H21ClN2O4S/c1-15-10-16(2)19-12-17(23(27)25-21(19)11-15)13-26(14-18-6-5-9-30-18)31(28,29)22-8-4-3-7-20(22)24/h3-12H,13-14H2,1-2H3,(H,25,27). The van der Waals surface area contributed by atoms with Gasteiger partial charge >= 0.3 is 0 Å². The number of pyridine rings is 1. The van der Waals surface area contributed by atoms with Crippen molar-refractivity contribution >= 4 is 32.5 Å². The van der Waals surface area contributed by atoms with Gasteiger partial charge in [-0.3, -0.25) is 4.79 Å². The summed E-state index contributed by atoms with van der Waals surface area (Å²) in [6.45, 7) is 3.75. The zero-order valence-corrected chi connectivity index (χ0v) is 18.6. The van der Waals surface area contributed by atoms with Gasteiger partial charge in [-0.2, -0.15) is 4.31 Å². The van der Waals surface area contributed by atoms with Crippen LogP contribution in [-0.4, -0.2) is 17.7 Å². The molecular weight excluding hydrogens is 436 g/mol. The third kappa shape index (κ3) is 4.30. The van der Waals surface area contributed by atoms with Crippen molar-refractivity contribution in [2.45, 2.75) is 31.8 Å². The first-order valence-electron chi connectivity index (χ1n) is 9.66. The number of halogens is 1. The van der Waals surface area contributed by atoms with E-state index in [0.717, 1.165) is 22.0 Å². The largest absolute Gasteiger partial charge is 0.468 e. The highest BCUT2D eigenvalue weighted by atomic mass is 35.5. The second kappa shape index (κ2) is 8.34. The van der Waals surface area contributed by atoms with Crippen LogP contribution in [-0.2, 0) is 23.1 Å². The van der Waals surface area contributed by atoms with E-state index in [2.05, 4.69) is 4.98 Å². The molecular formula is C23H21ClN2O4S. The molecule has 0 aliphatic carbocycles. The van der Waals surface area contributed by atoms with Crippen molar-refractivity contribution in [1.82, 2.24) is 9.29 Å². The Hall–Kier alpha value is -2.87. The van der Waals surface area contributed by atoms with Crippen LogP contribution in [0, 0.1) is 13.8 Å². The Morgan fingerprint density at radius 3 is 2.52 bits per heavy atom. The molecule has 0 unspecified atom stereocenters. The third-order valence-electron chi connectivity index (χ3n) is 5.10. The lowest BCUT2D eigenvalue weighted by molar-refractivity contribution is 0.357. The van der Waals surface area contributed by atoms with Gasteiger partial charge in [0.15, 0.2) is 0 Å². The minimum Gasteiger partial charge on any atom is -0.468 e. The lowest BCUT2D eigenvalue weighted by Gasteiger charge is -2.22. The average molecular weight is 457 g/mol. The monoisotopic (exact) mass is 456 g/mol. The van der Waals surface area contributed by atoms with E-state index in [1.807, 2.05) is 26.0 Å². The van der Waals surface area contributed by atoms with Gasteiger partial charge in [0.2, 0.25) is 10.0 Å². The van der Waals surface area contributed by atoms with E-state index in [-0.39, 0.29) is 28.6 Å². The second-order valence-corrected chi connectivity index (χ2v) is 9.76. The Morgan fingerprint density at radius 2 is 1.81 bits per heavy atom. The van der Waals surface area contributed by atoms with Gasteiger partial charge in [0, 0.05) is 23.0 Å². The Balaban J connectivity index is 1.81. The molecule has 6 nitrogen and oxygen atoms in total. The first-order chi connectivity index (χ1) is 14.8. The smallest absolute Gasteiger partial charge is 0.252 e. The number of nitrogens with zero attached hydrogens (tertiary/aromatic N) is 1. The van der Waals surface area contributed by atoms with E-state index < -0.39 is 10.0 Å². The first kappa shape index (κ1) is 21.4. The molecule has 160 valence electrons. The number of nitrogens with one attached hydrogen (secondary N) is 1. The molecule has 2 aromatic carbocycles. The number of aromatic nitrogens is 1. The van der Waals surface area contributed by atoms with Gasteiger partial charge in [-0.25, -0.2) is 8.42 Å². The highest BCUT2D eigenvalue weighted by Gasteiger charge is 2.28. The fourth-order valence-electron chi connectivity index (χ4n) is 3.62. The molecule has 0 atom stereocenters. The number of aromatic amines is 1. The summed E-state index contributed by atoms with van der Waals surface area (Å²) in [6, 6.07) is 15.3. The lowest BCUT2D eigenvalue weighted by atomic mass is 10.0. The molecule has 2 heterocycles. The van der Waals surface area contributed by atoms with Gasteiger partial charge in [0.25, 0.3) is 5.56 Å². The summed E-state index contributed by atoms with van der Waals surface area (Å²) in [5.41, 5.74) is 2.75. The number of benzene rings is 2. The highest BCUT2D eigenvalue weighted by Crippen LogP contribution is 2.27. The van der Waals surface area contributed by atoms with E-state index in [0.29, 0.717) is 11.3 Å². The predicted molar refractivity (Wildman–Crippen MR) is 121 cm³/mol. The summed E-state index contributed by atoms with van der Waals surface area (Å²) in [5.74, 6) is 0.458. The number of furan rings is 1. The van der Waals surface area contributed by atoms with Crippen LogP contribution in [0.5, 0.6) is 0 Å². The summed E-state index contributed by atoms with van der Waals surface area (Å²) in [7, 11) is -4.00. The van der Waals surface area contributed by atoms with Crippen molar-refractivity contribution < 1.29 is 12.8 Å². The molecule has 4 aromatic rings. The van der Waals surface area contributed by atoms with Crippen LogP contribution in [0.15, 0.2) is 75.0 Å². The summed E-state index contributed by atoms with van der Waals surface area (Å²) in [4.78, 5) is 15.7. The van der Waals surface area contributed by atoms with Gasteiger partial charge in [0.05, 0.1) is 17.8 Å². The molecule has 0 bridgehead atoms. The van der Waals surface area contributed by atoms with Crippen LogP contribution < -0.4 is 5.56 Å². The predicted octanol–water partition coefficient (Wildman–Crippen LogP) is 4.78. The van der Waals surface area contributed by atoms with Gasteiger partial charge in [0.1, 0.15) is 10.7 Å². The minimum atomic E-state index is -4.00. The van der Waals surface area contributed by atoms with Gasteiger partial charge in [-0.05, 0) is 61.4 Å². The van der Waals surface area contributed by atoms with Crippen molar-refractivity contribution in [3.8, 4) is 0 Å². The molecule has 1 N–H and O–H groups in total. The van der Waals surface area contributed by atoms with Crippen molar-refractivity contribution in [2.24, 2.45) is 0 Å². The highest BCUT2D eigenvalue weighted by molar-refractivity contribution is 7.89. The summed E-state index contributed by atoms with van der Waals surface area (Å²) in [6.07, 6.45) is 1.48. The molecule has 0 aliphatic rings. The number of H-pyrrole nitrogens is 1. The quantitative estimate of drug-likeness (QED) is 0.452. The molecule has 0 radical (unpaired) electrons. The molecule has 4 rings (SSSR count). The van der Waals surface area contributed by atoms with Gasteiger partial charge in [-0.15, -0.1) is 0 Å². The maximum absolute atomic E-state index is 13.5. The fourth-order valence-corrected chi connectivity index (χ4v) is 5.50. The molecule has 2 aromatic heterocycles.